The van der Waals surface area contributed by atoms with Gasteiger partial charge in [-0.15, -0.1) is 0 Å². The highest BCUT2D eigenvalue weighted by molar-refractivity contribution is 6.22. The molecule has 0 atom stereocenters. The van der Waals surface area contributed by atoms with Gasteiger partial charge in [0.05, 0.1) is 22.1 Å². The third-order valence-electron chi connectivity index (χ3n) is 11.5. The lowest BCUT2D eigenvalue weighted by Crippen LogP contribution is -1.97. The zero-order valence-electron chi connectivity index (χ0n) is 30.8. The fourth-order valence-corrected chi connectivity index (χ4v) is 8.93. The molecule has 4 nitrogen and oxygen atoms in total. The van der Waals surface area contributed by atoms with E-state index in [2.05, 4.69) is 197 Å². The van der Waals surface area contributed by atoms with Crippen LogP contribution in [0.5, 0.6) is 0 Å². The summed E-state index contributed by atoms with van der Waals surface area (Å²) in [6.07, 6.45) is 0. The van der Waals surface area contributed by atoms with Crippen molar-refractivity contribution in [3.05, 3.63) is 200 Å². The van der Waals surface area contributed by atoms with Gasteiger partial charge >= 0.3 is 0 Å². The van der Waals surface area contributed by atoms with Crippen molar-refractivity contribution in [2.45, 2.75) is 0 Å². The molecule has 0 bridgehead atoms. The Morgan fingerprint density at radius 2 is 1.05 bits per heavy atom. The van der Waals surface area contributed by atoms with Crippen molar-refractivity contribution in [3.8, 4) is 45.0 Å². The molecule has 0 aliphatic heterocycles. The summed E-state index contributed by atoms with van der Waals surface area (Å²) in [7, 11) is 0. The Balaban J connectivity index is 1.00. The Kier molecular flexibility index (Phi) is 6.89. The fraction of sp³-hybridized carbons (Fsp3) is 0. The summed E-state index contributed by atoms with van der Waals surface area (Å²) < 4.78 is 11.2. The quantitative estimate of drug-likeness (QED) is 0.177. The van der Waals surface area contributed by atoms with Crippen LogP contribution in [-0.2, 0) is 0 Å². The van der Waals surface area contributed by atoms with Crippen LogP contribution in [0.4, 0.5) is 0 Å². The van der Waals surface area contributed by atoms with E-state index in [1.54, 1.807) is 0 Å². The number of benzene rings is 9. The van der Waals surface area contributed by atoms with Crippen molar-refractivity contribution in [2.75, 3.05) is 0 Å². The van der Waals surface area contributed by atoms with Gasteiger partial charge in [0.2, 0.25) is 0 Å². The smallest absolute Gasteiger partial charge is 0.145 e. The van der Waals surface area contributed by atoms with Gasteiger partial charge in [0.15, 0.2) is 0 Å². The van der Waals surface area contributed by atoms with Crippen LogP contribution >= 0.6 is 0 Å². The number of fused-ring (bicyclic) bond motifs is 9. The number of imidazole rings is 1. The molecule has 0 spiro atoms. The van der Waals surface area contributed by atoms with E-state index in [0.717, 1.165) is 72.4 Å². The zero-order chi connectivity index (χ0) is 37.5. The summed E-state index contributed by atoms with van der Waals surface area (Å²) in [6.45, 7) is 0. The van der Waals surface area contributed by atoms with Crippen LogP contribution in [0, 0.1) is 0 Å². The summed E-state index contributed by atoms with van der Waals surface area (Å²) in [4.78, 5) is 5.05. The Morgan fingerprint density at radius 3 is 1.91 bits per heavy atom. The van der Waals surface area contributed by atoms with Gasteiger partial charge < -0.3 is 8.98 Å². The summed E-state index contributed by atoms with van der Waals surface area (Å²) >= 11 is 0. The lowest BCUT2D eigenvalue weighted by atomic mass is 9.96. The summed E-state index contributed by atoms with van der Waals surface area (Å²) in [5.41, 5.74) is 14.1. The summed E-state index contributed by atoms with van der Waals surface area (Å²) in [6, 6.07) is 71.4. The number of para-hydroxylation sites is 3. The minimum absolute atomic E-state index is 0.878. The summed E-state index contributed by atoms with van der Waals surface area (Å²) in [5.74, 6) is 0.927. The second kappa shape index (κ2) is 12.4. The highest BCUT2D eigenvalue weighted by atomic mass is 16.3. The topological polar surface area (TPSA) is 35.9 Å². The van der Waals surface area contributed by atoms with Gasteiger partial charge in [-0.05, 0) is 106 Å². The van der Waals surface area contributed by atoms with Crippen LogP contribution in [0.25, 0.3) is 111 Å². The molecule has 266 valence electrons. The molecule has 0 radical (unpaired) electrons. The maximum Gasteiger partial charge on any atom is 0.145 e. The first-order chi connectivity index (χ1) is 28.3. The second-order valence-corrected chi connectivity index (χ2v) is 14.7. The van der Waals surface area contributed by atoms with Crippen molar-refractivity contribution < 1.29 is 4.42 Å². The van der Waals surface area contributed by atoms with Gasteiger partial charge in [0, 0.05) is 38.5 Å². The number of aromatic nitrogens is 3. The largest absolute Gasteiger partial charge is 0.456 e. The minimum atomic E-state index is 0.878. The lowest BCUT2D eigenvalue weighted by Gasteiger charge is -2.11. The van der Waals surface area contributed by atoms with Gasteiger partial charge in [-0.25, -0.2) is 4.98 Å². The van der Waals surface area contributed by atoms with E-state index >= 15 is 0 Å². The van der Waals surface area contributed by atoms with Crippen molar-refractivity contribution in [1.82, 2.24) is 14.1 Å². The molecule has 0 fully saturated rings. The maximum atomic E-state index is 6.51. The fourth-order valence-electron chi connectivity index (χ4n) is 8.93. The van der Waals surface area contributed by atoms with Gasteiger partial charge in [0.1, 0.15) is 17.0 Å². The van der Waals surface area contributed by atoms with Crippen LogP contribution in [0.3, 0.4) is 0 Å². The van der Waals surface area contributed by atoms with E-state index in [9.17, 15) is 0 Å². The maximum absolute atomic E-state index is 6.51. The first-order valence-corrected chi connectivity index (χ1v) is 19.4. The molecule has 0 N–H and O–H groups in total. The third kappa shape index (κ3) is 4.91. The second-order valence-electron chi connectivity index (χ2n) is 14.7. The standard InChI is InChI=1S/C53H33N3O/c1-3-13-36(14-4-1)53-54-45-19-9-10-20-47(45)56(53)40-27-22-35(23-28-40)42-18-11-21-50-52(42)44-33-38(26-31-49(44)57-50)37-25-29-46-43(32-37)51-41-17-8-7-12-34(41)24-30-48(51)55(46)39-15-5-2-6-16-39/h1-33H. The Labute approximate surface area is 328 Å². The number of hydrogen-bond donors (Lipinski definition) is 0. The van der Waals surface area contributed by atoms with E-state index in [1.165, 1.54) is 38.1 Å². The normalized spacial score (nSPS) is 11.9. The molecular weight excluding hydrogens is 695 g/mol. The SMILES string of the molecule is c1ccc(-c2nc3ccccc3n2-c2ccc(-c3cccc4oc5ccc(-c6ccc7c(c6)c6c8ccccc8ccc6n7-c6ccccc6)cc5c34)cc2)cc1. The molecule has 0 aliphatic carbocycles. The Hall–Kier alpha value is -7.69. The monoisotopic (exact) mass is 727 g/mol. The van der Waals surface area contributed by atoms with Crippen molar-refractivity contribution in [1.29, 1.82) is 0 Å². The average Bonchev–Trinajstić information content (AvgIpc) is 3.96. The Morgan fingerprint density at radius 1 is 0.368 bits per heavy atom. The van der Waals surface area contributed by atoms with Gasteiger partial charge in [-0.1, -0.05) is 127 Å². The predicted octanol–water partition coefficient (Wildman–Crippen LogP) is 14.2. The van der Waals surface area contributed by atoms with Crippen LogP contribution in [-0.4, -0.2) is 14.1 Å². The Bertz CT molecular complexity index is 3500. The number of rotatable bonds is 5. The van der Waals surface area contributed by atoms with E-state index in [4.69, 9.17) is 9.40 Å². The third-order valence-corrected chi connectivity index (χ3v) is 11.5. The molecule has 4 heteroatoms. The molecule has 0 saturated heterocycles. The van der Waals surface area contributed by atoms with Crippen molar-refractivity contribution in [3.63, 3.8) is 0 Å². The first kappa shape index (κ1) is 31.6. The highest BCUT2D eigenvalue weighted by Crippen LogP contribution is 2.42. The zero-order valence-corrected chi connectivity index (χ0v) is 30.8. The van der Waals surface area contributed by atoms with Crippen LogP contribution in [0.2, 0.25) is 0 Å². The molecule has 9 aromatic carbocycles. The van der Waals surface area contributed by atoms with E-state index < -0.39 is 0 Å². The molecule has 12 rings (SSSR count). The first-order valence-electron chi connectivity index (χ1n) is 19.4. The molecule has 0 unspecified atom stereocenters. The molecule has 3 aromatic heterocycles. The summed E-state index contributed by atoms with van der Waals surface area (Å²) in [5, 5.41) is 7.23. The minimum Gasteiger partial charge on any atom is -0.456 e. The van der Waals surface area contributed by atoms with Gasteiger partial charge in [-0.2, -0.15) is 0 Å². The van der Waals surface area contributed by atoms with Gasteiger partial charge in [0.25, 0.3) is 0 Å². The van der Waals surface area contributed by atoms with Crippen LogP contribution in [0.1, 0.15) is 0 Å². The number of nitrogens with zero attached hydrogens (tertiary/aromatic N) is 3. The molecule has 3 heterocycles. The van der Waals surface area contributed by atoms with Crippen LogP contribution < -0.4 is 0 Å². The van der Waals surface area contributed by atoms with E-state index in [0.29, 0.717) is 0 Å². The molecule has 57 heavy (non-hydrogen) atoms. The molecule has 0 saturated carbocycles. The molecular formula is C53H33N3O. The molecule has 0 amide bonds. The highest BCUT2D eigenvalue weighted by Gasteiger charge is 2.19. The molecule has 12 aromatic rings. The molecule has 0 aliphatic rings. The predicted molar refractivity (Wildman–Crippen MR) is 237 cm³/mol. The van der Waals surface area contributed by atoms with Crippen molar-refractivity contribution in [2.24, 2.45) is 0 Å². The van der Waals surface area contributed by atoms with Crippen LogP contribution in [0.15, 0.2) is 205 Å². The van der Waals surface area contributed by atoms with E-state index in [1.807, 2.05) is 12.1 Å². The lowest BCUT2D eigenvalue weighted by molar-refractivity contribution is 0.669. The van der Waals surface area contributed by atoms with E-state index in [-0.39, 0.29) is 0 Å². The number of hydrogen-bond acceptors (Lipinski definition) is 2. The van der Waals surface area contributed by atoms with Gasteiger partial charge in [-0.3, -0.25) is 4.57 Å². The average molecular weight is 728 g/mol. The number of furan rings is 1. The van der Waals surface area contributed by atoms with Crippen molar-refractivity contribution >= 4 is 65.6 Å².